The molecule has 1 atom stereocenters. The standard InChI is InChI=1S/C15H19N5O3/c1-19-13(4-5-18-19)15(22)20-6-7-23-12(9-20)3-2-11-8-14(21)17-10-16-11/h4-5,8,10,12H,2-3,6-7,9H2,1H3,(H,16,17,21). The Bertz CT molecular complexity index is 738. The minimum Gasteiger partial charge on any atom is -0.375 e. The van der Waals surface area contributed by atoms with Gasteiger partial charge in [0.05, 0.1) is 19.0 Å². The van der Waals surface area contributed by atoms with Crippen molar-refractivity contribution in [1.82, 2.24) is 24.6 Å². The smallest absolute Gasteiger partial charge is 0.272 e. The molecule has 0 aromatic carbocycles. The summed E-state index contributed by atoms with van der Waals surface area (Å²) in [5, 5.41) is 4.03. The van der Waals surface area contributed by atoms with E-state index in [4.69, 9.17) is 4.74 Å². The molecule has 2 aromatic rings. The van der Waals surface area contributed by atoms with Gasteiger partial charge in [-0.15, -0.1) is 0 Å². The highest BCUT2D eigenvalue weighted by molar-refractivity contribution is 5.92. The Morgan fingerprint density at radius 2 is 2.39 bits per heavy atom. The molecule has 1 fully saturated rings. The van der Waals surface area contributed by atoms with Crippen molar-refractivity contribution in [2.24, 2.45) is 7.05 Å². The summed E-state index contributed by atoms with van der Waals surface area (Å²) >= 11 is 0. The van der Waals surface area contributed by atoms with Gasteiger partial charge in [0, 0.05) is 38.1 Å². The fraction of sp³-hybridized carbons (Fsp3) is 0.467. The van der Waals surface area contributed by atoms with Gasteiger partial charge in [0.15, 0.2) is 0 Å². The van der Waals surface area contributed by atoms with Crippen LogP contribution in [0, 0.1) is 0 Å². The third-order valence-electron chi connectivity index (χ3n) is 3.92. The quantitative estimate of drug-likeness (QED) is 0.855. The highest BCUT2D eigenvalue weighted by atomic mass is 16.5. The third-order valence-corrected chi connectivity index (χ3v) is 3.92. The molecule has 23 heavy (non-hydrogen) atoms. The monoisotopic (exact) mass is 317 g/mol. The van der Waals surface area contributed by atoms with Crippen LogP contribution in [0.5, 0.6) is 0 Å². The first kappa shape index (κ1) is 15.4. The summed E-state index contributed by atoms with van der Waals surface area (Å²) in [5.74, 6) is -0.0346. The van der Waals surface area contributed by atoms with E-state index in [9.17, 15) is 9.59 Å². The Morgan fingerprint density at radius 1 is 1.52 bits per heavy atom. The highest BCUT2D eigenvalue weighted by Crippen LogP contribution is 2.14. The van der Waals surface area contributed by atoms with E-state index < -0.39 is 0 Å². The summed E-state index contributed by atoms with van der Waals surface area (Å²) in [6, 6.07) is 3.20. The van der Waals surface area contributed by atoms with E-state index in [-0.39, 0.29) is 17.6 Å². The van der Waals surface area contributed by atoms with Crippen LogP contribution in [-0.2, 0) is 18.2 Å². The Morgan fingerprint density at radius 3 is 3.13 bits per heavy atom. The molecule has 122 valence electrons. The van der Waals surface area contributed by atoms with Crippen LogP contribution in [0.1, 0.15) is 22.6 Å². The molecule has 0 bridgehead atoms. The van der Waals surface area contributed by atoms with E-state index in [0.717, 1.165) is 5.69 Å². The lowest BCUT2D eigenvalue weighted by Gasteiger charge is -2.33. The Labute approximate surface area is 133 Å². The number of morpholine rings is 1. The molecule has 0 saturated carbocycles. The maximum atomic E-state index is 12.5. The van der Waals surface area contributed by atoms with Gasteiger partial charge in [-0.05, 0) is 18.9 Å². The average molecular weight is 317 g/mol. The molecule has 0 aliphatic carbocycles. The number of carbonyl (C=O) groups is 1. The Kier molecular flexibility index (Phi) is 4.52. The SMILES string of the molecule is Cn1nccc1C(=O)N1CCOC(CCc2cc(=O)[nH]cn2)C1. The maximum absolute atomic E-state index is 12.5. The van der Waals surface area contributed by atoms with Crippen molar-refractivity contribution in [2.45, 2.75) is 18.9 Å². The lowest BCUT2D eigenvalue weighted by Crippen LogP contribution is -2.46. The number of carbonyl (C=O) groups excluding carboxylic acids is 1. The van der Waals surface area contributed by atoms with E-state index in [0.29, 0.717) is 38.2 Å². The molecular formula is C15H19N5O3. The number of nitrogens with zero attached hydrogens (tertiary/aromatic N) is 4. The van der Waals surface area contributed by atoms with Crippen molar-refractivity contribution < 1.29 is 9.53 Å². The first-order valence-electron chi connectivity index (χ1n) is 7.56. The molecule has 1 unspecified atom stereocenters. The minimum absolute atomic E-state index is 0.0346. The fourth-order valence-corrected chi connectivity index (χ4v) is 2.68. The second kappa shape index (κ2) is 6.74. The summed E-state index contributed by atoms with van der Waals surface area (Å²) in [7, 11) is 1.75. The highest BCUT2D eigenvalue weighted by Gasteiger charge is 2.26. The van der Waals surface area contributed by atoms with E-state index in [1.54, 1.807) is 28.9 Å². The predicted octanol–water partition coefficient (Wildman–Crippen LogP) is -0.0228. The second-order valence-electron chi connectivity index (χ2n) is 5.53. The normalized spacial score (nSPS) is 18.1. The summed E-state index contributed by atoms with van der Waals surface area (Å²) in [4.78, 5) is 32.2. The molecule has 1 amide bonds. The molecule has 0 radical (unpaired) electrons. The Balaban J connectivity index is 1.59. The van der Waals surface area contributed by atoms with Crippen molar-refractivity contribution in [2.75, 3.05) is 19.7 Å². The minimum atomic E-state index is -0.160. The van der Waals surface area contributed by atoms with Crippen LogP contribution < -0.4 is 5.56 Å². The summed E-state index contributed by atoms with van der Waals surface area (Å²) < 4.78 is 7.30. The van der Waals surface area contributed by atoms with Crippen molar-refractivity contribution in [3.05, 3.63) is 46.4 Å². The zero-order chi connectivity index (χ0) is 16.2. The molecule has 1 N–H and O–H groups in total. The van der Waals surface area contributed by atoms with E-state index >= 15 is 0 Å². The van der Waals surface area contributed by atoms with Gasteiger partial charge in [-0.3, -0.25) is 14.3 Å². The number of aromatic amines is 1. The first-order valence-corrected chi connectivity index (χ1v) is 7.56. The van der Waals surface area contributed by atoms with Crippen LogP contribution in [-0.4, -0.2) is 56.4 Å². The molecule has 0 spiro atoms. The molecule has 3 rings (SSSR count). The number of amides is 1. The molecule has 1 aliphatic rings. The summed E-state index contributed by atoms with van der Waals surface area (Å²) in [6.07, 6.45) is 4.32. The van der Waals surface area contributed by atoms with Crippen LogP contribution >= 0.6 is 0 Å². The lowest BCUT2D eigenvalue weighted by molar-refractivity contribution is -0.0250. The van der Waals surface area contributed by atoms with Crippen LogP contribution in [0.25, 0.3) is 0 Å². The van der Waals surface area contributed by atoms with Gasteiger partial charge in [0.1, 0.15) is 5.69 Å². The zero-order valence-corrected chi connectivity index (χ0v) is 12.9. The van der Waals surface area contributed by atoms with Gasteiger partial charge in [-0.2, -0.15) is 5.10 Å². The fourth-order valence-electron chi connectivity index (χ4n) is 2.68. The van der Waals surface area contributed by atoms with Crippen LogP contribution in [0.3, 0.4) is 0 Å². The van der Waals surface area contributed by atoms with E-state index in [1.807, 2.05) is 0 Å². The molecule has 8 heteroatoms. The Hall–Kier alpha value is -2.48. The van der Waals surface area contributed by atoms with Crippen molar-refractivity contribution in [3.8, 4) is 0 Å². The molecule has 1 aliphatic heterocycles. The van der Waals surface area contributed by atoms with Gasteiger partial charge >= 0.3 is 0 Å². The number of ether oxygens (including phenoxy) is 1. The van der Waals surface area contributed by atoms with Crippen LogP contribution in [0.4, 0.5) is 0 Å². The molecular weight excluding hydrogens is 298 g/mol. The number of H-pyrrole nitrogens is 1. The van der Waals surface area contributed by atoms with Crippen molar-refractivity contribution in [1.29, 1.82) is 0 Å². The first-order chi connectivity index (χ1) is 11.1. The van der Waals surface area contributed by atoms with Crippen LogP contribution in [0.15, 0.2) is 29.5 Å². The largest absolute Gasteiger partial charge is 0.375 e. The summed E-state index contributed by atoms with van der Waals surface area (Å²) in [6.45, 7) is 1.62. The third kappa shape index (κ3) is 3.65. The number of hydrogen-bond donors (Lipinski definition) is 1. The molecule has 8 nitrogen and oxygen atoms in total. The second-order valence-corrected chi connectivity index (χ2v) is 5.53. The van der Waals surface area contributed by atoms with Gasteiger partial charge in [-0.1, -0.05) is 0 Å². The number of rotatable bonds is 4. The predicted molar refractivity (Wildman–Crippen MR) is 82.0 cm³/mol. The molecule has 3 heterocycles. The van der Waals surface area contributed by atoms with Gasteiger partial charge < -0.3 is 14.6 Å². The molecule has 1 saturated heterocycles. The van der Waals surface area contributed by atoms with Gasteiger partial charge in [0.2, 0.25) is 0 Å². The topological polar surface area (TPSA) is 93.1 Å². The number of aryl methyl sites for hydroxylation is 2. The number of hydrogen-bond acceptors (Lipinski definition) is 5. The maximum Gasteiger partial charge on any atom is 0.272 e. The van der Waals surface area contributed by atoms with Crippen LogP contribution in [0.2, 0.25) is 0 Å². The van der Waals surface area contributed by atoms with E-state index in [2.05, 4.69) is 15.1 Å². The molecule has 2 aromatic heterocycles. The van der Waals surface area contributed by atoms with Gasteiger partial charge in [-0.25, -0.2) is 4.98 Å². The number of nitrogens with one attached hydrogen (secondary N) is 1. The zero-order valence-electron chi connectivity index (χ0n) is 12.9. The lowest BCUT2D eigenvalue weighted by atomic mass is 10.1. The number of aromatic nitrogens is 4. The van der Waals surface area contributed by atoms with Gasteiger partial charge in [0.25, 0.3) is 11.5 Å². The van der Waals surface area contributed by atoms with Crippen molar-refractivity contribution in [3.63, 3.8) is 0 Å². The average Bonchev–Trinajstić information content (AvgIpc) is 2.99. The summed E-state index contributed by atoms with van der Waals surface area (Å²) in [5.41, 5.74) is 1.14. The van der Waals surface area contributed by atoms with E-state index in [1.165, 1.54) is 12.4 Å². The van der Waals surface area contributed by atoms with Crippen molar-refractivity contribution >= 4 is 5.91 Å².